The van der Waals surface area contributed by atoms with Gasteiger partial charge in [-0.05, 0) is 48.4 Å². The molecule has 0 bridgehead atoms. The molecule has 0 aliphatic carbocycles. The minimum atomic E-state index is -0.334. The number of anilines is 1. The highest BCUT2D eigenvalue weighted by atomic mass is 19.1. The van der Waals surface area contributed by atoms with Gasteiger partial charge in [-0.3, -0.25) is 4.79 Å². The molecule has 1 heterocycles. The Bertz CT molecular complexity index is 960. The Balaban J connectivity index is 1.72. The van der Waals surface area contributed by atoms with Crippen molar-refractivity contribution in [1.82, 2.24) is 9.80 Å². The van der Waals surface area contributed by atoms with E-state index < -0.39 is 0 Å². The first-order valence-electron chi connectivity index (χ1n) is 10.2. The lowest BCUT2D eigenvalue weighted by Crippen LogP contribution is -2.44. The fraction of sp³-hybridized carbons (Fsp3) is 0.250. The minimum absolute atomic E-state index is 0.0750. The number of carbonyl (C=O) groups excluding carboxylic acids is 2. The molecule has 6 nitrogen and oxygen atoms in total. The molecule has 31 heavy (non-hydrogen) atoms. The number of hydrogen-bond acceptors (Lipinski definition) is 3. The highest BCUT2D eigenvalue weighted by molar-refractivity contribution is 5.92. The van der Waals surface area contributed by atoms with Gasteiger partial charge in [0.15, 0.2) is 0 Å². The fourth-order valence-corrected chi connectivity index (χ4v) is 3.14. The van der Waals surface area contributed by atoms with Crippen LogP contribution in [0.25, 0.3) is 0 Å². The maximum atomic E-state index is 13.3. The SMILES string of the molecule is CCCN(CC(=O)N(Cc1ccc(F)cc1)Cc1ccco1)C(=O)Nc1ccccc1. The van der Waals surface area contributed by atoms with E-state index in [0.29, 0.717) is 24.4 Å². The van der Waals surface area contributed by atoms with Crippen molar-refractivity contribution in [1.29, 1.82) is 0 Å². The maximum absolute atomic E-state index is 13.3. The Morgan fingerprint density at radius 1 is 0.935 bits per heavy atom. The molecule has 0 aliphatic heterocycles. The molecule has 1 N–H and O–H groups in total. The second-order valence-electron chi connectivity index (χ2n) is 7.17. The first kappa shape index (κ1) is 22.1. The standard InChI is InChI=1S/C24H26FN3O3/c1-2-14-27(24(30)26-21-7-4-3-5-8-21)18-23(29)28(17-22-9-6-15-31-22)16-19-10-12-20(25)13-11-19/h3-13,15H,2,14,16-18H2,1H3,(H,26,30). The first-order valence-corrected chi connectivity index (χ1v) is 10.2. The van der Waals surface area contributed by atoms with Crippen LogP contribution in [-0.2, 0) is 17.9 Å². The van der Waals surface area contributed by atoms with E-state index in [1.807, 2.05) is 25.1 Å². The van der Waals surface area contributed by atoms with Crippen molar-refractivity contribution < 1.29 is 18.4 Å². The van der Waals surface area contributed by atoms with Crippen molar-refractivity contribution in [2.75, 3.05) is 18.4 Å². The molecule has 3 amide bonds. The molecule has 0 aliphatic rings. The maximum Gasteiger partial charge on any atom is 0.322 e. The van der Waals surface area contributed by atoms with Gasteiger partial charge in [0.1, 0.15) is 18.1 Å². The van der Waals surface area contributed by atoms with E-state index in [4.69, 9.17) is 4.42 Å². The lowest BCUT2D eigenvalue weighted by atomic mass is 10.2. The van der Waals surface area contributed by atoms with Crippen molar-refractivity contribution in [3.8, 4) is 0 Å². The van der Waals surface area contributed by atoms with Gasteiger partial charge in [0, 0.05) is 18.8 Å². The van der Waals surface area contributed by atoms with Crippen LogP contribution in [0.15, 0.2) is 77.4 Å². The third kappa shape index (κ3) is 6.70. The fourth-order valence-electron chi connectivity index (χ4n) is 3.14. The highest BCUT2D eigenvalue weighted by Crippen LogP contribution is 2.13. The molecule has 0 fully saturated rings. The number of benzene rings is 2. The summed E-state index contributed by atoms with van der Waals surface area (Å²) in [5.41, 5.74) is 1.46. The predicted molar refractivity (Wildman–Crippen MR) is 117 cm³/mol. The second-order valence-corrected chi connectivity index (χ2v) is 7.17. The summed E-state index contributed by atoms with van der Waals surface area (Å²) in [6.07, 6.45) is 2.26. The smallest absolute Gasteiger partial charge is 0.322 e. The van der Waals surface area contributed by atoms with Crippen LogP contribution in [0, 0.1) is 5.82 Å². The average molecular weight is 423 g/mol. The number of hydrogen-bond donors (Lipinski definition) is 1. The summed E-state index contributed by atoms with van der Waals surface area (Å²) < 4.78 is 18.7. The summed E-state index contributed by atoms with van der Waals surface area (Å²) in [6.45, 7) is 2.85. The van der Waals surface area contributed by atoms with Crippen molar-refractivity contribution >= 4 is 17.6 Å². The molecule has 2 aromatic carbocycles. The zero-order valence-corrected chi connectivity index (χ0v) is 17.5. The Hall–Kier alpha value is -3.61. The van der Waals surface area contributed by atoms with E-state index in [2.05, 4.69) is 5.32 Å². The number of urea groups is 1. The number of halogens is 1. The van der Waals surface area contributed by atoms with E-state index in [1.165, 1.54) is 17.0 Å². The summed E-state index contributed by atoms with van der Waals surface area (Å²) in [7, 11) is 0. The van der Waals surface area contributed by atoms with Gasteiger partial charge in [-0.2, -0.15) is 0 Å². The monoisotopic (exact) mass is 423 g/mol. The predicted octanol–water partition coefficient (Wildman–Crippen LogP) is 4.89. The summed E-state index contributed by atoms with van der Waals surface area (Å²) in [5.74, 6) is 0.0722. The van der Waals surface area contributed by atoms with Crippen molar-refractivity contribution in [2.24, 2.45) is 0 Å². The molecule has 1 aromatic heterocycles. The molecule has 0 atom stereocenters. The van der Waals surface area contributed by atoms with Crippen LogP contribution in [0.5, 0.6) is 0 Å². The Labute approximate surface area is 181 Å². The molecule has 0 saturated heterocycles. The minimum Gasteiger partial charge on any atom is -0.467 e. The molecule has 0 saturated carbocycles. The average Bonchev–Trinajstić information content (AvgIpc) is 3.28. The first-order chi connectivity index (χ1) is 15.0. The third-order valence-electron chi connectivity index (χ3n) is 4.70. The van der Waals surface area contributed by atoms with Crippen LogP contribution in [0.2, 0.25) is 0 Å². The van der Waals surface area contributed by atoms with E-state index in [-0.39, 0.29) is 37.4 Å². The van der Waals surface area contributed by atoms with Crippen LogP contribution in [0.4, 0.5) is 14.9 Å². The summed E-state index contributed by atoms with van der Waals surface area (Å²) >= 11 is 0. The quantitative estimate of drug-likeness (QED) is 0.533. The van der Waals surface area contributed by atoms with Gasteiger partial charge >= 0.3 is 6.03 Å². The van der Waals surface area contributed by atoms with E-state index in [9.17, 15) is 14.0 Å². The van der Waals surface area contributed by atoms with Crippen LogP contribution in [-0.4, -0.2) is 34.8 Å². The summed E-state index contributed by atoms with van der Waals surface area (Å²) in [6, 6.07) is 18.3. The third-order valence-corrected chi connectivity index (χ3v) is 4.70. The van der Waals surface area contributed by atoms with Gasteiger partial charge in [-0.25, -0.2) is 9.18 Å². The summed E-state index contributed by atoms with van der Waals surface area (Å²) in [4.78, 5) is 29.0. The Kier molecular flexibility index (Phi) is 7.81. The number of nitrogens with zero attached hydrogens (tertiary/aromatic N) is 2. The lowest BCUT2D eigenvalue weighted by Gasteiger charge is -2.27. The molecule has 3 aromatic rings. The van der Waals surface area contributed by atoms with Crippen molar-refractivity contribution in [3.05, 3.63) is 90.1 Å². The lowest BCUT2D eigenvalue weighted by molar-refractivity contribution is -0.133. The number of para-hydroxylation sites is 1. The highest BCUT2D eigenvalue weighted by Gasteiger charge is 2.22. The van der Waals surface area contributed by atoms with Crippen LogP contribution in [0.1, 0.15) is 24.7 Å². The zero-order valence-electron chi connectivity index (χ0n) is 17.5. The van der Waals surface area contributed by atoms with Crippen molar-refractivity contribution in [2.45, 2.75) is 26.4 Å². The molecule has 0 unspecified atom stereocenters. The molecular formula is C24H26FN3O3. The van der Waals surface area contributed by atoms with E-state index in [0.717, 1.165) is 5.56 Å². The van der Waals surface area contributed by atoms with Gasteiger partial charge in [-0.15, -0.1) is 0 Å². The number of nitrogens with one attached hydrogen (secondary N) is 1. The molecule has 162 valence electrons. The van der Waals surface area contributed by atoms with Gasteiger partial charge in [0.2, 0.25) is 5.91 Å². The zero-order chi connectivity index (χ0) is 22.1. The number of rotatable bonds is 9. The number of carbonyl (C=O) groups is 2. The van der Waals surface area contributed by atoms with Gasteiger partial charge in [0.05, 0.1) is 12.8 Å². The van der Waals surface area contributed by atoms with Crippen LogP contribution < -0.4 is 5.32 Å². The molecular weight excluding hydrogens is 397 g/mol. The van der Waals surface area contributed by atoms with Crippen LogP contribution in [0.3, 0.4) is 0 Å². The van der Waals surface area contributed by atoms with E-state index in [1.54, 1.807) is 47.6 Å². The molecule has 0 radical (unpaired) electrons. The molecule has 7 heteroatoms. The van der Waals surface area contributed by atoms with Gasteiger partial charge < -0.3 is 19.5 Å². The number of furan rings is 1. The Morgan fingerprint density at radius 3 is 2.32 bits per heavy atom. The second kappa shape index (κ2) is 11.0. The normalized spacial score (nSPS) is 10.5. The van der Waals surface area contributed by atoms with E-state index >= 15 is 0 Å². The van der Waals surface area contributed by atoms with Crippen molar-refractivity contribution in [3.63, 3.8) is 0 Å². The van der Waals surface area contributed by atoms with Gasteiger partial charge in [0.25, 0.3) is 0 Å². The molecule has 0 spiro atoms. The largest absolute Gasteiger partial charge is 0.467 e. The topological polar surface area (TPSA) is 65.8 Å². The van der Waals surface area contributed by atoms with Crippen LogP contribution >= 0.6 is 0 Å². The molecule has 3 rings (SSSR count). The number of amides is 3. The summed E-state index contributed by atoms with van der Waals surface area (Å²) in [5, 5.41) is 2.83. The Morgan fingerprint density at radius 2 is 1.68 bits per heavy atom. The van der Waals surface area contributed by atoms with Gasteiger partial charge in [-0.1, -0.05) is 37.3 Å².